The number of nitrogens with zero attached hydrogens (tertiary/aromatic N) is 2. The molecule has 1 N–H and O–H groups in total. The van der Waals surface area contributed by atoms with Gasteiger partial charge >= 0.3 is 0 Å². The average molecular weight is 296 g/mol. The van der Waals surface area contributed by atoms with Crippen molar-refractivity contribution < 1.29 is 4.79 Å². The van der Waals surface area contributed by atoms with Crippen molar-refractivity contribution in [3.8, 4) is 0 Å². The predicted molar refractivity (Wildman–Crippen MR) is 75.4 cm³/mol. The number of para-hydroxylation sites is 1. The fourth-order valence-corrected chi connectivity index (χ4v) is 2.03. The maximum atomic E-state index is 11.8. The SMILES string of the molecule is O=C(CCc1cncnc1)Nc1c(Cl)cccc1Cl. The molecule has 0 radical (unpaired) electrons. The van der Waals surface area contributed by atoms with Gasteiger partial charge in [0, 0.05) is 18.8 Å². The maximum absolute atomic E-state index is 11.8. The smallest absolute Gasteiger partial charge is 0.224 e. The first kappa shape index (κ1) is 13.8. The van der Waals surface area contributed by atoms with E-state index in [1.54, 1.807) is 30.6 Å². The Balaban J connectivity index is 1.95. The zero-order chi connectivity index (χ0) is 13.7. The summed E-state index contributed by atoms with van der Waals surface area (Å²) in [5.74, 6) is -0.154. The molecule has 1 heterocycles. The number of nitrogens with one attached hydrogen (secondary N) is 1. The van der Waals surface area contributed by atoms with Gasteiger partial charge in [-0.15, -0.1) is 0 Å². The van der Waals surface area contributed by atoms with Gasteiger partial charge in [0.15, 0.2) is 0 Å². The molecule has 1 aromatic heterocycles. The Morgan fingerprint density at radius 1 is 1.16 bits per heavy atom. The summed E-state index contributed by atoms with van der Waals surface area (Å²) in [7, 11) is 0. The average Bonchev–Trinajstić information content (AvgIpc) is 2.42. The predicted octanol–water partition coefficient (Wildman–Crippen LogP) is 3.35. The van der Waals surface area contributed by atoms with E-state index >= 15 is 0 Å². The van der Waals surface area contributed by atoms with E-state index in [0.717, 1.165) is 5.56 Å². The molecule has 1 amide bonds. The van der Waals surface area contributed by atoms with Crippen molar-refractivity contribution in [2.45, 2.75) is 12.8 Å². The topological polar surface area (TPSA) is 54.9 Å². The van der Waals surface area contributed by atoms with Crippen molar-refractivity contribution >= 4 is 34.8 Å². The van der Waals surface area contributed by atoms with Gasteiger partial charge in [-0.05, 0) is 24.1 Å². The van der Waals surface area contributed by atoms with Crippen LogP contribution >= 0.6 is 23.2 Å². The number of anilines is 1. The van der Waals surface area contributed by atoms with Gasteiger partial charge in [-0.25, -0.2) is 9.97 Å². The Morgan fingerprint density at radius 2 is 1.79 bits per heavy atom. The number of aromatic nitrogens is 2. The number of halogens is 2. The van der Waals surface area contributed by atoms with Crippen LogP contribution in [0.25, 0.3) is 0 Å². The number of benzene rings is 1. The van der Waals surface area contributed by atoms with E-state index < -0.39 is 0 Å². The van der Waals surface area contributed by atoms with Gasteiger partial charge in [0.2, 0.25) is 5.91 Å². The van der Waals surface area contributed by atoms with Gasteiger partial charge in [-0.2, -0.15) is 0 Å². The molecule has 0 aliphatic rings. The number of carbonyl (C=O) groups excluding carboxylic acids is 1. The number of hydrogen-bond donors (Lipinski definition) is 1. The molecule has 19 heavy (non-hydrogen) atoms. The standard InChI is InChI=1S/C13H11Cl2N3O/c14-10-2-1-3-11(15)13(10)18-12(19)5-4-9-6-16-8-17-7-9/h1-3,6-8H,4-5H2,(H,18,19). The third-order valence-electron chi connectivity index (χ3n) is 2.48. The van der Waals surface area contributed by atoms with Crippen LogP contribution in [0.2, 0.25) is 10.0 Å². The quantitative estimate of drug-likeness (QED) is 0.941. The molecule has 0 fully saturated rings. The molecule has 0 bridgehead atoms. The minimum absolute atomic E-state index is 0.154. The first-order chi connectivity index (χ1) is 9.16. The molecule has 0 aliphatic carbocycles. The molecule has 1 aromatic carbocycles. The van der Waals surface area contributed by atoms with Crippen molar-refractivity contribution in [3.05, 3.63) is 52.5 Å². The lowest BCUT2D eigenvalue weighted by Crippen LogP contribution is -2.13. The number of aryl methyl sites for hydroxylation is 1. The summed E-state index contributed by atoms with van der Waals surface area (Å²) < 4.78 is 0. The molecule has 0 unspecified atom stereocenters. The van der Waals surface area contributed by atoms with Crippen molar-refractivity contribution in [1.29, 1.82) is 0 Å². The number of amides is 1. The van der Waals surface area contributed by atoms with Crippen molar-refractivity contribution in [2.75, 3.05) is 5.32 Å². The van der Waals surface area contributed by atoms with Crippen molar-refractivity contribution in [3.63, 3.8) is 0 Å². The largest absolute Gasteiger partial charge is 0.324 e. The highest BCUT2D eigenvalue weighted by Crippen LogP contribution is 2.29. The molecular weight excluding hydrogens is 285 g/mol. The zero-order valence-corrected chi connectivity index (χ0v) is 11.4. The molecule has 0 spiro atoms. The Hall–Kier alpha value is -1.65. The third kappa shape index (κ3) is 3.91. The highest BCUT2D eigenvalue weighted by Gasteiger charge is 2.09. The Bertz CT molecular complexity index is 555. The lowest BCUT2D eigenvalue weighted by Gasteiger charge is -2.08. The first-order valence-electron chi connectivity index (χ1n) is 5.64. The minimum Gasteiger partial charge on any atom is -0.324 e. The fourth-order valence-electron chi connectivity index (χ4n) is 1.54. The summed E-state index contributed by atoms with van der Waals surface area (Å²) in [6.45, 7) is 0. The van der Waals surface area contributed by atoms with Gasteiger partial charge in [0.05, 0.1) is 15.7 Å². The van der Waals surface area contributed by atoms with Gasteiger partial charge in [-0.3, -0.25) is 4.79 Å². The van der Waals surface area contributed by atoms with E-state index in [0.29, 0.717) is 28.6 Å². The molecule has 0 saturated carbocycles. The van der Waals surface area contributed by atoms with E-state index in [1.807, 2.05) is 0 Å². The van der Waals surface area contributed by atoms with Crippen LogP contribution in [0, 0.1) is 0 Å². The van der Waals surface area contributed by atoms with Crippen molar-refractivity contribution in [2.24, 2.45) is 0 Å². The fraction of sp³-hybridized carbons (Fsp3) is 0.154. The molecule has 0 aliphatic heterocycles. The molecular formula is C13H11Cl2N3O. The second-order valence-electron chi connectivity index (χ2n) is 3.89. The molecule has 4 nitrogen and oxygen atoms in total. The lowest BCUT2D eigenvalue weighted by atomic mass is 10.2. The van der Waals surface area contributed by atoms with Gasteiger partial charge in [-0.1, -0.05) is 29.3 Å². The summed E-state index contributed by atoms with van der Waals surface area (Å²) in [5.41, 5.74) is 1.35. The maximum Gasteiger partial charge on any atom is 0.224 e. The molecule has 0 atom stereocenters. The summed E-state index contributed by atoms with van der Waals surface area (Å²) in [4.78, 5) is 19.6. The summed E-state index contributed by atoms with van der Waals surface area (Å²) in [6.07, 6.45) is 5.70. The van der Waals surface area contributed by atoms with Gasteiger partial charge in [0.25, 0.3) is 0 Å². The van der Waals surface area contributed by atoms with Crippen LogP contribution in [0.1, 0.15) is 12.0 Å². The highest BCUT2D eigenvalue weighted by atomic mass is 35.5. The molecule has 98 valence electrons. The highest BCUT2D eigenvalue weighted by molar-refractivity contribution is 6.39. The number of hydrogen-bond acceptors (Lipinski definition) is 3. The molecule has 6 heteroatoms. The molecule has 0 saturated heterocycles. The van der Waals surface area contributed by atoms with E-state index in [9.17, 15) is 4.79 Å². The Labute approximate surface area is 120 Å². The lowest BCUT2D eigenvalue weighted by molar-refractivity contribution is -0.116. The second kappa shape index (κ2) is 6.50. The van der Waals surface area contributed by atoms with Crippen LogP contribution in [-0.2, 0) is 11.2 Å². The van der Waals surface area contributed by atoms with Crippen LogP contribution in [-0.4, -0.2) is 15.9 Å². The molecule has 2 rings (SSSR count). The van der Waals surface area contributed by atoms with Crippen LogP contribution < -0.4 is 5.32 Å². The first-order valence-corrected chi connectivity index (χ1v) is 6.40. The van der Waals surface area contributed by atoms with Crippen LogP contribution in [0.5, 0.6) is 0 Å². The summed E-state index contributed by atoms with van der Waals surface area (Å²) >= 11 is 11.9. The van der Waals surface area contributed by atoms with Crippen LogP contribution in [0.15, 0.2) is 36.9 Å². The van der Waals surface area contributed by atoms with Gasteiger partial charge < -0.3 is 5.32 Å². The number of rotatable bonds is 4. The zero-order valence-electron chi connectivity index (χ0n) is 9.94. The number of carbonyl (C=O) groups is 1. The normalized spacial score (nSPS) is 10.2. The summed E-state index contributed by atoms with van der Waals surface area (Å²) in [6, 6.07) is 5.07. The minimum atomic E-state index is -0.154. The second-order valence-corrected chi connectivity index (χ2v) is 4.71. The Morgan fingerprint density at radius 3 is 2.42 bits per heavy atom. The third-order valence-corrected chi connectivity index (χ3v) is 3.11. The van der Waals surface area contributed by atoms with Crippen molar-refractivity contribution in [1.82, 2.24) is 9.97 Å². The van der Waals surface area contributed by atoms with E-state index in [4.69, 9.17) is 23.2 Å². The summed E-state index contributed by atoms with van der Waals surface area (Å²) in [5, 5.41) is 3.55. The molecule has 2 aromatic rings. The van der Waals surface area contributed by atoms with E-state index in [1.165, 1.54) is 6.33 Å². The monoisotopic (exact) mass is 295 g/mol. The Kier molecular flexibility index (Phi) is 4.71. The van der Waals surface area contributed by atoms with Crippen LogP contribution in [0.3, 0.4) is 0 Å². The van der Waals surface area contributed by atoms with Crippen LogP contribution in [0.4, 0.5) is 5.69 Å². The van der Waals surface area contributed by atoms with E-state index in [-0.39, 0.29) is 5.91 Å². The van der Waals surface area contributed by atoms with E-state index in [2.05, 4.69) is 15.3 Å². The van der Waals surface area contributed by atoms with Gasteiger partial charge in [0.1, 0.15) is 6.33 Å².